The number of alkyl halides is 1. The molecule has 0 saturated carbocycles. The Hall–Kier alpha value is -2.54. The van der Waals surface area contributed by atoms with E-state index in [2.05, 4.69) is 14.9 Å². The van der Waals surface area contributed by atoms with Crippen molar-refractivity contribution in [2.24, 2.45) is 5.92 Å². The number of hydrogen-bond acceptors (Lipinski definition) is 5. The standard InChI is InChI=1S/C25H33FN4O2/c1-25(2,26)18-29-13-9-19(10-14-29)17-32-21-7-5-20(6-8-21)22-15-28-23(16-27-22)24(31)30-11-3-4-12-30/h5-8,15-16,19H,3-4,9-14,17-18H2,1-2H3. The van der Waals surface area contributed by atoms with Crippen LogP contribution in [0.2, 0.25) is 0 Å². The Balaban J connectivity index is 1.26. The van der Waals surface area contributed by atoms with Crippen LogP contribution in [0.15, 0.2) is 36.7 Å². The first-order valence-electron chi connectivity index (χ1n) is 11.6. The largest absolute Gasteiger partial charge is 0.493 e. The molecule has 0 unspecified atom stereocenters. The van der Waals surface area contributed by atoms with Crippen molar-refractivity contribution in [3.8, 4) is 17.0 Å². The summed E-state index contributed by atoms with van der Waals surface area (Å²) in [7, 11) is 0. The predicted octanol–water partition coefficient (Wildman–Crippen LogP) is 4.22. The van der Waals surface area contributed by atoms with Gasteiger partial charge in [0.25, 0.3) is 5.91 Å². The van der Waals surface area contributed by atoms with E-state index in [9.17, 15) is 9.18 Å². The molecule has 0 radical (unpaired) electrons. The Morgan fingerprint density at radius 2 is 1.75 bits per heavy atom. The van der Waals surface area contributed by atoms with Crippen molar-refractivity contribution in [1.82, 2.24) is 19.8 Å². The second-order valence-electron chi connectivity index (χ2n) is 9.56. The van der Waals surface area contributed by atoms with Crippen molar-refractivity contribution in [3.05, 3.63) is 42.4 Å². The number of carbonyl (C=O) groups excluding carboxylic acids is 1. The number of likely N-dealkylation sites (tertiary alicyclic amines) is 2. The molecule has 0 atom stereocenters. The van der Waals surface area contributed by atoms with Gasteiger partial charge in [-0.2, -0.15) is 0 Å². The van der Waals surface area contributed by atoms with Gasteiger partial charge in [-0.3, -0.25) is 9.78 Å². The van der Waals surface area contributed by atoms with Gasteiger partial charge in [0.15, 0.2) is 0 Å². The number of rotatable bonds is 7. The minimum atomic E-state index is -1.14. The molecule has 32 heavy (non-hydrogen) atoms. The molecule has 2 aromatic rings. The molecule has 0 N–H and O–H groups in total. The normalized spacial score (nSPS) is 18.2. The fraction of sp³-hybridized carbons (Fsp3) is 0.560. The Kier molecular flexibility index (Phi) is 7.04. The van der Waals surface area contributed by atoms with E-state index in [1.54, 1.807) is 26.2 Å². The maximum absolute atomic E-state index is 13.8. The van der Waals surface area contributed by atoms with E-state index in [0.29, 0.717) is 24.8 Å². The second-order valence-corrected chi connectivity index (χ2v) is 9.56. The lowest BCUT2D eigenvalue weighted by Gasteiger charge is -2.34. The van der Waals surface area contributed by atoms with Gasteiger partial charge in [0.2, 0.25) is 0 Å². The maximum Gasteiger partial charge on any atom is 0.274 e. The number of carbonyl (C=O) groups is 1. The smallest absolute Gasteiger partial charge is 0.274 e. The molecule has 1 aromatic carbocycles. The van der Waals surface area contributed by atoms with E-state index in [0.717, 1.165) is 68.9 Å². The van der Waals surface area contributed by atoms with Crippen LogP contribution in [-0.2, 0) is 0 Å². The summed E-state index contributed by atoms with van der Waals surface area (Å²) in [6.45, 7) is 7.92. The zero-order chi connectivity index (χ0) is 22.6. The van der Waals surface area contributed by atoms with Crippen LogP contribution >= 0.6 is 0 Å². The van der Waals surface area contributed by atoms with Crippen LogP contribution in [0.5, 0.6) is 5.75 Å². The molecule has 2 aliphatic heterocycles. The molecule has 7 heteroatoms. The summed E-state index contributed by atoms with van der Waals surface area (Å²) in [6, 6.07) is 7.82. The summed E-state index contributed by atoms with van der Waals surface area (Å²) in [5, 5.41) is 0. The van der Waals surface area contributed by atoms with Gasteiger partial charge in [0.05, 0.1) is 24.7 Å². The zero-order valence-electron chi connectivity index (χ0n) is 19.1. The molecule has 1 aromatic heterocycles. The molecule has 6 nitrogen and oxygen atoms in total. The summed E-state index contributed by atoms with van der Waals surface area (Å²) in [5.41, 5.74) is 0.931. The summed E-state index contributed by atoms with van der Waals surface area (Å²) < 4.78 is 19.8. The van der Waals surface area contributed by atoms with Crippen molar-refractivity contribution in [3.63, 3.8) is 0 Å². The average molecular weight is 441 g/mol. The minimum Gasteiger partial charge on any atom is -0.493 e. The number of ether oxygens (including phenoxy) is 1. The number of aromatic nitrogens is 2. The predicted molar refractivity (Wildman–Crippen MR) is 122 cm³/mol. The third kappa shape index (κ3) is 6.03. The van der Waals surface area contributed by atoms with E-state index in [4.69, 9.17) is 4.74 Å². The van der Waals surface area contributed by atoms with Gasteiger partial charge < -0.3 is 14.5 Å². The third-order valence-electron chi connectivity index (χ3n) is 6.21. The van der Waals surface area contributed by atoms with Crippen LogP contribution in [-0.4, -0.2) is 70.7 Å². The van der Waals surface area contributed by atoms with Gasteiger partial charge >= 0.3 is 0 Å². The van der Waals surface area contributed by atoms with Crippen LogP contribution in [0.1, 0.15) is 50.0 Å². The molecule has 2 fully saturated rings. The highest BCUT2D eigenvalue weighted by Crippen LogP contribution is 2.24. The molecule has 0 aliphatic carbocycles. The van der Waals surface area contributed by atoms with Crippen LogP contribution in [0.4, 0.5) is 4.39 Å². The Bertz CT molecular complexity index is 882. The van der Waals surface area contributed by atoms with Gasteiger partial charge in [0, 0.05) is 25.2 Å². The van der Waals surface area contributed by atoms with Crippen molar-refractivity contribution in [2.75, 3.05) is 39.3 Å². The Morgan fingerprint density at radius 3 is 2.34 bits per heavy atom. The Morgan fingerprint density at radius 1 is 1.06 bits per heavy atom. The highest BCUT2D eigenvalue weighted by molar-refractivity contribution is 5.92. The summed E-state index contributed by atoms with van der Waals surface area (Å²) >= 11 is 0. The second kappa shape index (κ2) is 9.94. The molecular weight excluding hydrogens is 407 g/mol. The van der Waals surface area contributed by atoms with Crippen molar-refractivity contribution >= 4 is 5.91 Å². The number of amides is 1. The molecule has 172 valence electrons. The highest BCUT2D eigenvalue weighted by Gasteiger charge is 2.25. The number of benzene rings is 1. The highest BCUT2D eigenvalue weighted by atomic mass is 19.1. The monoisotopic (exact) mass is 440 g/mol. The van der Waals surface area contributed by atoms with Crippen LogP contribution < -0.4 is 4.74 Å². The number of hydrogen-bond donors (Lipinski definition) is 0. The first-order chi connectivity index (χ1) is 15.4. The fourth-order valence-corrected chi connectivity index (χ4v) is 4.45. The number of piperidine rings is 1. The van der Waals surface area contributed by atoms with Crippen molar-refractivity contribution in [2.45, 2.75) is 45.2 Å². The molecule has 4 rings (SSSR count). The lowest BCUT2D eigenvalue weighted by molar-refractivity contribution is 0.0786. The van der Waals surface area contributed by atoms with E-state index in [1.807, 2.05) is 29.2 Å². The summed E-state index contributed by atoms with van der Waals surface area (Å²) in [5.74, 6) is 1.29. The molecule has 2 saturated heterocycles. The number of nitrogens with zero attached hydrogens (tertiary/aromatic N) is 4. The molecule has 0 bridgehead atoms. The minimum absolute atomic E-state index is 0.0375. The lowest BCUT2D eigenvalue weighted by Crippen LogP contribution is -2.41. The molecule has 1 amide bonds. The molecule has 3 heterocycles. The number of halogens is 1. The SMILES string of the molecule is CC(C)(F)CN1CCC(COc2ccc(-c3cnc(C(=O)N4CCCC4)cn3)cc2)CC1. The van der Waals surface area contributed by atoms with Gasteiger partial charge in [-0.15, -0.1) is 0 Å². The van der Waals surface area contributed by atoms with Crippen molar-refractivity contribution < 1.29 is 13.9 Å². The molecule has 0 spiro atoms. The zero-order valence-corrected chi connectivity index (χ0v) is 19.1. The van der Waals surface area contributed by atoms with Crippen LogP contribution in [0, 0.1) is 5.92 Å². The lowest BCUT2D eigenvalue weighted by atomic mass is 9.97. The first-order valence-corrected chi connectivity index (χ1v) is 11.6. The molecule has 2 aliphatic rings. The van der Waals surface area contributed by atoms with E-state index in [1.165, 1.54) is 0 Å². The van der Waals surface area contributed by atoms with E-state index < -0.39 is 5.67 Å². The van der Waals surface area contributed by atoms with E-state index >= 15 is 0 Å². The maximum atomic E-state index is 13.8. The van der Waals surface area contributed by atoms with Crippen LogP contribution in [0.3, 0.4) is 0 Å². The fourth-order valence-electron chi connectivity index (χ4n) is 4.45. The average Bonchev–Trinajstić information content (AvgIpc) is 3.33. The van der Waals surface area contributed by atoms with E-state index in [-0.39, 0.29) is 5.91 Å². The first kappa shape index (κ1) is 22.6. The Labute approximate surface area is 189 Å². The van der Waals surface area contributed by atoms with Crippen molar-refractivity contribution in [1.29, 1.82) is 0 Å². The van der Waals surface area contributed by atoms with Gasteiger partial charge in [-0.05, 0) is 82.8 Å². The third-order valence-corrected chi connectivity index (χ3v) is 6.21. The topological polar surface area (TPSA) is 58.6 Å². The summed E-state index contributed by atoms with van der Waals surface area (Å²) in [4.78, 5) is 25.2. The molecular formula is C25H33FN4O2. The summed E-state index contributed by atoms with van der Waals surface area (Å²) in [6.07, 6.45) is 7.41. The van der Waals surface area contributed by atoms with Gasteiger partial charge in [-0.1, -0.05) is 0 Å². The quantitative estimate of drug-likeness (QED) is 0.645. The van der Waals surface area contributed by atoms with Gasteiger partial charge in [-0.25, -0.2) is 9.37 Å². The van der Waals surface area contributed by atoms with Crippen LogP contribution in [0.25, 0.3) is 11.3 Å². The van der Waals surface area contributed by atoms with Gasteiger partial charge in [0.1, 0.15) is 17.1 Å².